The lowest BCUT2D eigenvalue weighted by Crippen LogP contribution is -2.13. The van der Waals surface area contributed by atoms with Gasteiger partial charge in [-0.3, -0.25) is 4.98 Å². The van der Waals surface area contributed by atoms with Crippen LogP contribution < -0.4 is 10.5 Å². The van der Waals surface area contributed by atoms with E-state index in [1.54, 1.807) is 12.3 Å². The van der Waals surface area contributed by atoms with Crippen LogP contribution in [0, 0.1) is 5.82 Å². The van der Waals surface area contributed by atoms with E-state index in [-0.39, 0.29) is 5.82 Å². The van der Waals surface area contributed by atoms with E-state index in [4.69, 9.17) is 10.5 Å². The van der Waals surface area contributed by atoms with Crippen LogP contribution in [0.3, 0.4) is 0 Å². The number of anilines is 1. The second-order valence-corrected chi connectivity index (χ2v) is 6.95. The molecule has 0 unspecified atom stereocenters. The van der Waals surface area contributed by atoms with E-state index in [2.05, 4.69) is 19.9 Å². The van der Waals surface area contributed by atoms with Gasteiger partial charge in [-0.25, -0.2) is 19.3 Å². The molecular formula is C21H22FN5O. The minimum atomic E-state index is -0.384. The zero-order valence-corrected chi connectivity index (χ0v) is 15.5. The summed E-state index contributed by atoms with van der Waals surface area (Å²) in [5, 5.41) is 0. The summed E-state index contributed by atoms with van der Waals surface area (Å²) >= 11 is 0. The molecular weight excluding hydrogens is 357 g/mol. The first-order chi connectivity index (χ1) is 13.7. The maximum absolute atomic E-state index is 15.3. The standard InChI is InChI=1S/C21H22FN5O/c22-20-17(18-11-26-19(23)12-25-18)7-6-16(14-3-1-4-14)21(20)28-10-2-5-15-8-9-24-13-27-15/h6-9,11-14H,1-5,10H2,(H2,23,26). The van der Waals surface area contributed by atoms with E-state index >= 15 is 4.39 Å². The summed E-state index contributed by atoms with van der Waals surface area (Å²) in [6.45, 7) is 0.414. The van der Waals surface area contributed by atoms with Gasteiger partial charge < -0.3 is 10.5 Å². The number of halogens is 1. The van der Waals surface area contributed by atoms with Crippen molar-refractivity contribution in [3.8, 4) is 17.0 Å². The summed E-state index contributed by atoms with van der Waals surface area (Å²) < 4.78 is 21.3. The highest BCUT2D eigenvalue weighted by atomic mass is 19.1. The molecule has 144 valence electrons. The van der Waals surface area contributed by atoms with Crippen LogP contribution in [0.15, 0.2) is 43.1 Å². The summed E-state index contributed by atoms with van der Waals surface area (Å²) in [6.07, 6.45) is 11.0. The van der Waals surface area contributed by atoms with Gasteiger partial charge in [-0.15, -0.1) is 0 Å². The summed E-state index contributed by atoms with van der Waals surface area (Å²) in [4.78, 5) is 16.3. The van der Waals surface area contributed by atoms with Crippen molar-refractivity contribution in [2.75, 3.05) is 12.3 Å². The molecule has 0 bridgehead atoms. The first kappa shape index (κ1) is 18.3. The molecule has 1 aromatic carbocycles. The van der Waals surface area contributed by atoms with Gasteiger partial charge in [0.25, 0.3) is 0 Å². The molecule has 1 saturated carbocycles. The first-order valence-corrected chi connectivity index (χ1v) is 9.50. The van der Waals surface area contributed by atoms with E-state index in [1.165, 1.54) is 25.1 Å². The van der Waals surface area contributed by atoms with Crippen molar-refractivity contribution in [3.63, 3.8) is 0 Å². The molecule has 0 atom stereocenters. The van der Waals surface area contributed by atoms with E-state index < -0.39 is 0 Å². The predicted octanol–water partition coefficient (Wildman–Crippen LogP) is 3.93. The fraction of sp³-hybridized carbons (Fsp3) is 0.333. The normalized spacial score (nSPS) is 13.9. The van der Waals surface area contributed by atoms with Crippen molar-refractivity contribution in [3.05, 3.63) is 60.2 Å². The molecule has 4 rings (SSSR count). The molecule has 2 heterocycles. The highest BCUT2D eigenvalue weighted by Gasteiger charge is 2.26. The summed E-state index contributed by atoms with van der Waals surface area (Å²) in [6, 6.07) is 5.59. The number of hydrogen-bond donors (Lipinski definition) is 1. The average Bonchev–Trinajstić information content (AvgIpc) is 2.67. The topological polar surface area (TPSA) is 86.8 Å². The Morgan fingerprint density at radius 1 is 1.11 bits per heavy atom. The van der Waals surface area contributed by atoms with Gasteiger partial charge >= 0.3 is 0 Å². The summed E-state index contributed by atoms with van der Waals surface area (Å²) in [5.74, 6) is 0.614. The molecule has 2 N–H and O–H groups in total. The number of ether oxygens (including phenoxy) is 1. The van der Waals surface area contributed by atoms with Gasteiger partial charge in [-0.05, 0) is 43.7 Å². The molecule has 6 nitrogen and oxygen atoms in total. The van der Waals surface area contributed by atoms with Crippen molar-refractivity contribution in [1.82, 2.24) is 19.9 Å². The number of rotatable bonds is 7. The number of aryl methyl sites for hydroxylation is 1. The average molecular weight is 379 g/mol. The second-order valence-electron chi connectivity index (χ2n) is 6.95. The zero-order valence-electron chi connectivity index (χ0n) is 15.5. The van der Waals surface area contributed by atoms with Crippen molar-refractivity contribution in [2.24, 2.45) is 0 Å². The van der Waals surface area contributed by atoms with Gasteiger partial charge in [-0.2, -0.15) is 0 Å². The van der Waals surface area contributed by atoms with Crippen molar-refractivity contribution in [2.45, 2.75) is 38.0 Å². The van der Waals surface area contributed by atoms with Crippen LogP contribution in [0.25, 0.3) is 11.3 Å². The SMILES string of the molecule is Nc1cnc(-c2ccc(C3CCC3)c(OCCCc3ccncn3)c2F)cn1. The molecule has 3 aromatic rings. The number of nitrogens with zero attached hydrogens (tertiary/aromatic N) is 4. The van der Waals surface area contributed by atoms with Gasteiger partial charge in [0.15, 0.2) is 11.6 Å². The Hall–Kier alpha value is -3.09. The number of aromatic nitrogens is 4. The molecule has 0 amide bonds. The third-order valence-electron chi connectivity index (χ3n) is 5.09. The lowest BCUT2D eigenvalue weighted by atomic mass is 9.79. The van der Waals surface area contributed by atoms with Gasteiger partial charge in [0, 0.05) is 23.0 Å². The van der Waals surface area contributed by atoms with Gasteiger partial charge in [-0.1, -0.05) is 12.5 Å². The largest absolute Gasteiger partial charge is 0.490 e. The molecule has 1 aliphatic carbocycles. The second kappa shape index (κ2) is 8.29. The maximum Gasteiger partial charge on any atom is 0.174 e. The predicted molar refractivity (Wildman–Crippen MR) is 104 cm³/mol. The van der Waals surface area contributed by atoms with Crippen LogP contribution in [0.1, 0.15) is 42.9 Å². The van der Waals surface area contributed by atoms with E-state index in [0.717, 1.165) is 36.9 Å². The minimum absolute atomic E-state index is 0.302. The molecule has 1 fully saturated rings. The number of benzene rings is 1. The number of nitrogens with two attached hydrogens (primary N) is 1. The van der Waals surface area contributed by atoms with Crippen LogP contribution in [-0.2, 0) is 6.42 Å². The molecule has 28 heavy (non-hydrogen) atoms. The Bertz CT molecular complexity index is 930. The Morgan fingerprint density at radius 2 is 2.00 bits per heavy atom. The highest BCUT2D eigenvalue weighted by Crippen LogP contribution is 2.43. The minimum Gasteiger partial charge on any atom is -0.490 e. The van der Waals surface area contributed by atoms with Crippen molar-refractivity contribution < 1.29 is 9.13 Å². The molecule has 0 saturated heterocycles. The number of hydrogen-bond acceptors (Lipinski definition) is 6. The van der Waals surface area contributed by atoms with Crippen molar-refractivity contribution >= 4 is 5.82 Å². The summed E-state index contributed by atoms with van der Waals surface area (Å²) in [5.41, 5.74) is 8.30. The van der Waals surface area contributed by atoms with E-state index in [1.807, 2.05) is 12.1 Å². The molecule has 7 heteroatoms. The van der Waals surface area contributed by atoms with Crippen LogP contribution in [0.2, 0.25) is 0 Å². The van der Waals surface area contributed by atoms with Gasteiger partial charge in [0.2, 0.25) is 0 Å². The Labute approximate surface area is 163 Å². The summed E-state index contributed by atoms with van der Waals surface area (Å²) in [7, 11) is 0. The van der Waals surface area contributed by atoms with E-state index in [0.29, 0.717) is 35.3 Å². The molecule has 0 spiro atoms. The van der Waals surface area contributed by atoms with Crippen molar-refractivity contribution in [1.29, 1.82) is 0 Å². The Kier molecular flexibility index (Phi) is 5.41. The van der Waals surface area contributed by atoms with Crippen LogP contribution in [-0.4, -0.2) is 26.5 Å². The smallest absolute Gasteiger partial charge is 0.174 e. The maximum atomic E-state index is 15.3. The van der Waals surface area contributed by atoms with Crippen LogP contribution >= 0.6 is 0 Å². The van der Waals surface area contributed by atoms with Gasteiger partial charge in [0.1, 0.15) is 12.1 Å². The highest BCUT2D eigenvalue weighted by molar-refractivity contribution is 5.64. The number of nitrogen functional groups attached to an aromatic ring is 1. The molecule has 1 aliphatic rings. The van der Waals surface area contributed by atoms with E-state index in [9.17, 15) is 0 Å². The molecule has 0 radical (unpaired) electrons. The Morgan fingerprint density at radius 3 is 2.68 bits per heavy atom. The zero-order chi connectivity index (χ0) is 19.3. The Balaban J connectivity index is 1.54. The molecule has 2 aromatic heterocycles. The monoisotopic (exact) mass is 379 g/mol. The quantitative estimate of drug-likeness (QED) is 0.626. The fourth-order valence-electron chi connectivity index (χ4n) is 3.33. The third-order valence-corrected chi connectivity index (χ3v) is 5.09. The lowest BCUT2D eigenvalue weighted by Gasteiger charge is -2.28. The van der Waals surface area contributed by atoms with Crippen LogP contribution in [0.5, 0.6) is 5.75 Å². The first-order valence-electron chi connectivity index (χ1n) is 9.50. The fourth-order valence-corrected chi connectivity index (χ4v) is 3.33. The van der Waals surface area contributed by atoms with Crippen LogP contribution in [0.4, 0.5) is 10.2 Å². The van der Waals surface area contributed by atoms with Gasteiger partial charge in [0.05, 0.1) is 24.7 Å². The lowest BCUT2D eigenvalue weighted by molar-refractivity contribution is 0.284. The third kappa shape index (κ3) is 3.93. The molecule has 0 aliphatic heterocycles.